The number of nitrogens with zero attached hydrogens (tertiary/aromatic N) is 3. The molecular weight excluding hydrogens is 295 g/mol. The molecule has 0 radical (unpaired) electrons. The third kappa shape index (κ3) is 4.38. The van der Waals surface area contributed by atoms with E-state index < -0.39 is 15.8 Å². The van der Waals surface area contributed by atoms with E-state index in [0.29, 0.717) is 11.5 Å². The van der Waals surface area contributed by atoms with E-state index in [1.54, 1.807) is 25.1 Å². The van der Waals surface area contributed by atoms with Crippen LogP contribution >= 0.6 is 0 Å². The molecule has 21 heavy (non-hydrogen) atoms. The van der Waals surface area contributed by atoms with Crippen molar-refractivity contribution in [3.8, 4) is 0 Å². The molecule has 1 heterocycles. The molecule has 8 heteroatoms. The van der Waals surface area contributed by atoms with Crippen LogP contribution in [-0.4, -0.2) is 32.5 Å². The second-order valence-electron chi connectivity index (χ2n) is 4.66. The fraction of sp³-hybridized carbons (Fsp3) is 0.231. The number of rotatable bonds is 5. The van der Waals surface area contributed by atoms with E-state index in [1.807, 2.05) is 0 Å². The third-order valence-electron chi connectivity index (χ3n) is 2.56. The molecule has 0 bridgehead atoms. The molecule has 1 aromatic heterocycles. The lowest BCUT2D eigenvalue weighted by molar-refractivity contribution is 0.599. The van der Waals surface area contributed by atoms with Crippen molar-refractivity contribution in [2.24, 2.45) is 0 Å². The lowest BCUT2D eigenvalue weighted by Crippen LogP contribution is -2.17. The summed E-state index contributed by atoms with van der Waals surface area (Å²) in [4.78, 5) is 9.72. The predicted molar refractivity (Wildman–Crippen MR) is 79.0 cm³/mol. The van der Waals surface area contributed by atoms with Crippen LogP contribution in [0.15, 0.2) is 36.7 Å². The maximum atomic E-state index is 13.0. The molecule has 1 N–H and O–H groups in total. The Morgan fingerprint density at radius 2 is 1.90 bits per heavy atom. The topological polar surface area (TPSA) is 75.2 Å². The van der Waals surface area contributed by atoms with Gasteiger partial charge in [0.15, 0.2) is 0 Å². The zero-order valence-electron chi connectivity index (χ0n) is 11.6. The normalized spacial score (nSPS) is 11.2. The van der Waals surface area contributed by atoms with Crippen molar-refractivity contribution < 1.29 is 12.8 Å². The highest BCUT2D eigenvalue weighted by Gasteiger charge is 2.13. The average molecular weight is 310 g/mol. The molecule has 2 rings (SSSR count). The predicted octanol–water partition coefficient (Wildman–Crippen LogP) is 1.62. The molecule has 0 amide bonds. The summed E-state index contributed by atoms with van der Waals surface area (Å²) < 4.78 is 39.4. The summed E-state index contributed by atoms with van der Waals surface area (Å²) in [5, 5.41) is 0. The zero-order chi connectivity index (χ0) is 15.5. The monoisotopic (exact) mass is 310 g/mol. The van der Waals surface area contributed by atoms with Crippen LogP contribution in [0.25, 0.3) is 0 Å². The molecule has 112 valence electrons. The highest BCUT2D eigenvalue weighted by atomic mass is 32.2. The van der Waals surface area contributed by atoms with E-state index in [1.165, 1.54) is 30.6 Å². The number of hydrogen-bond acceptors (Lipinski definition) is 5. The van der Waals surface area contributed by atoms with Gasteiger partial charge in [-0.15, -0.1) is 0 Å². The number of halogens is 1. The van der Waals surface area contributed by atoms with Crippen LogP contribution in [-0.2, 0) is 15.8 Å². The van der Waals surface area contributed by atoms with E-state index in [-0.39, 0.29) is 11.4 Å². The van der Waals surface area contributed by atoms with Gasteiger partial charge in [0.05, 0.1) is 23.8 Å². The van der Waals surface area contributed by atoms with E-state index in [9.17, 15) is 12.8 Å². The first-order valence-corrected chi connectivity index (χ1v) is 7.75. The van der Waals surface area contributed by atoms with Gasteiger partial charge < -0.3 is 4.90 Å². The molecule has 0 unspecified atom stereocenters. The maximum absolute atomic E-state index is 13.0. The van der Waals surface area contributed by atoms with Crippen LogP contribution in [0.5, 0.6) is 0 Å². The Kier molecular flexibility index (Phi) is 4.37. The molecule has 0 aliphatic rings. The molecule has 0 aliphatic carbocycles. The molecule has 6 nitrogen and oxygen atoms in total. The standard InChI is InChI=1S/C13H15FN4O2S/c1-18(2)13-15-7-12(8-16-13)17-21(19,20)9-10-4-3-5-11(14)6-10/h3-8,17H,9H2,1-2H3. The summed E-state index contributed by atoms with van der Waals surface area (Å²) in [5.41, 5.74) is 0.630. The van der Waals surface area contributed by atoms with Crippen molar-refractivity contribution >= 4 is 21.7 Å². The van der Waals surface area contributed by atoms with Crippen LogP contribution in [0.4, 0.5) is 16.0 Å². The molecule has 0 saturated heterocycles. The Morgan fingerprint density at radius 1 is 1.24 bits per heavy atom. The summed E-state index contributed by atoms with van der Waals surface area (Å²) in [6, 6.07) is 5.46. The molecule has 0 aliphatic heterocycles. The largest absolute Gasteiger partial charge is 0.347 e. The van der Waals surface area contributed by atoms with Gasteiger partial charge in [0.25, 0.3) is 0 Å². The first-order valence-electron chi connectivity index (χ1n) is 6.10. The van der Waals surface area contributed by atoms with E-state index in [0.717, 1.165) is 0 Å². The Morgan fingerprint density at radius 3 is 2.48 bits per heavy atom. The molecule has 0 saturated carbocycles. The zero-order valence-corrected chi connectivity index (χ0v) is 12.4. The molecule has 1 aromatic carbocycles. The van der Waals surface area contributed by atoms with Crippen molar-refractivity contribution in [3.05, 3.63) is 48.0 Å². The van der Waals surface area contributed by atoms with Gasteiger partial charge in [-0.05, 0) is 17.7 Å². The Hall–Kier alpha value is -2.22. The van der Waals surface area contributed by atoms with Crippen molar-refractivity contribution in [1.29, 1.82) is 0 Å². The smallest absolute Gasteiger partial charge is 0.237 e. The van der Waals surface area contributed by atoms with Crippen LogP contribution in [0, 0.1) is 5.82 Å². The minimum atomic E-state index is -3.65. The highest BCUT2D eigenvalue weighted by Crippen LogP contribution is 2.13. The molecule has 0 atom stereocenters. The van der Waals surface area contributed by atoms with Gasteiger partial charge in [0, 0.05) is 14.1 Å². The lowest BCUT2D eigenvalue weighted by Gasteiger charge is -2.11. The first kappa shape index (κ1) is 15.2. The summed E-state index contributed by atoms with van der Waals surface area (Å²) in [6.45, 7) is 0. The third-order valence-corrected chi connectivity index (χ3v) is 3.82. The van der Waals surface area contributed by atoms with Gasteiger partial charge in [-0.25, -0.2) is 22.8 Å². The average Bonchev–Trinajstić information content (AvgIpc) is 2.38. The number of anilines is 2. The van der Waals surface area contributed by atoms with Gasteiger partial charge in [-0.1, -0.05) is 12.1 Å². The van der Waals surface area contributed by atoms with Crippen molar-refractivity contribution in [2.75, 3.05) is 23.7 Å². The number of benzene rings is 1. The Balaban J connectivity index is 2.10. The van der Waals surface area contributed by atoms with Crippen molar-refractivity contribution in [3.63, 3.8) is 0 Å². The molecule has 0 fully saturated rings. The van der Waals surface area contributed by atoms with Gasteiger partial charge in [0.1, 0.15) is 5.82 Å². The second-order valence-corrected chi connectivity index (χ2v) is 6.38. The summed E-state index contributed by atoms with van der Waals surface area (Å²) >= 11 is 0. The quantitative estimate of drug-likeness (QED) is 0.908. The van der Waals surface area contributed by atoms with Gasteiger partial charge >= 0.3 is 0 Å². The van der Waals surface area contributed by atoms with Crippen molar-refractivity contribution in [1.82, 2.24) is 9.97 Å². The maximum Gasteiger partial charge on any atom is 0.237 e. The minimum Gasteiger partial charge on any atom is -0.347 e. The second kappa shape index (κ2) is 6.04. The van der Waals surface area contributed by atoms with Crippen LogP contribution in [0.3, 0.4) is 0 Å². The number of nitrogens with one attached hydrogen (secondary N) is 1. The van der Waals surface area contributed by atoms with Gasteiger partial charge in [-0.3, -0.25) is 4.72 Å². The van der Waals surface area contributed by atoms with Crippen LogP contribution in [0.2, 0.25) is 0 Å². The van der Waals surface area contributed by atoms with Gasteiger partial charge in [-0.2, -0.15) is 0 Å². The minimum absolute atomic E-state index is 0.261. The summed E-state index contributed by atoms with van der Waals surface area (Å²) in [5.74, 6) is -0.315. The van der Waals surface area contributed by atoms with Crippen molar-refractivity contribution in [2.45, 2.75) is 5.75 Å². The first-order chi connectivity index (χ1) is 9.85. The van der Waals surface area contributed by atoms with Gasteiger partial charge in [0.2, 0.25) is 16.0 Å². The fourth-order valence-corrected chi connectivity index (χ4v) is 2.82. The molecular formula is C13H15FN4O2S. The summed E-state index contributed by atoms with van der Waals surface area (Å²) in [6.07, 6.45) is 2.76. The van der Waals surface area contributed by atoms with Crippen LogP contribution in [0.1, 0.15) is 5.56 Å². The SMILES string of the molecule is CN(C)c1ncc(NS(=O)(=O)Cc2cccc(F)c2)cn1. The fourth-order valence-electron chi connectivity index (χ4n) is 1.67. The van der Waals surface area contributed by atoms with E-state index >= 15 is 0 Å². The number of hydrogen-bond donors (Lipinski definition) is 1. The number of sulfonamides is 1. The Labute approximate surface area is 122 Å². The molecule has 0 spiro atoms. The lowest BCUT2D eigenvalue weighted by atomic mass is 10.2. The Bertz CT molecular complexity index is 717. The van der Waals surface area contributed by atoms with E-state index in [4.69, 9.17) is 0 Å². The van der Waals surface area contributed by atoms with E-state index in [2.05, 4.69) is 14.7 Å². The van der Waals surface area contributed by atoms with Crippen LogP contribution < -0.4 is 9.62 Å². The molecule has 2 aromatic rings. The highest BCUT2D eigenvalue weighted by molar-refractivity contribution is 7.91. The number of aromatic nitrogens is 2. The summed E-state index contributed by atoms with van der Waals surface area (Å²) in [7, 11) is -0.0861.